The summed E-state index contributed by atoms with van der Waals surface area (Å²) in [5.74, 6) is 0. The first-order chi connectivity index (χ1) is 10.4. The fourth-order valence-electron chi connectivity index (χ4n) is 2.94. The molecule has 1 N–H and O–H groups in total. The number of nitrogens with zero attached hydrogens (tertiary/aromatic N) is 2. The maximum Gasteiger partial charge on any atom is 0.0949 e. The number of benzene rings is 2. The molecule has 0 amide bonds. The smallest absolute Gasteiger partial charge is 0.0949 e. The Hall–Kier alpha value is -2.55. The minimum Gasteiger partial charge on any atom is -0.355 e. The highest BCUT2D eigenvalue weighted by atomic mass is 15.0. The van der Waals surface area contributed by atoms with Crippen molar-refractivity contribution in [3.63, 3.8) is 0 Å². The van der Waals surface area contributed by atoms with E-state index in [1.165, 1.54) is 28.1 Å². The number of imidazole rings is 1. The number of hydrogen-bond donors (Lipinski definition) is 1. The molecule has 2 heterocycles. The van der Waals surface area contributed by atoms with E-state index in [0.29, 0.717) is 0 Å². The molecule has 0 radical (unpaired) electrons. The topological polar surface area (TPSA) is 29.9 Å². The van der Waals surface area contributed by atoms with E-state index in [2.05, 4.69) is 57.3 Å². The van der Waals surface area contributed by atoms with Gasteiger partial charge in [-0.15, -0.1) is 0 Å². The van der Waals surface area contributed by atoms with Gasteiger partial charge >= 0.3 is 0 Å². The average molecular weight is 275 g/mol. The standard InChI is InChI=1S/C18H17N3/c1-2-4-17-15(3-1)6-7-16-11-14(5-8-18(16)20-17)12-21-10-9-19-13-21/h1-5,8-11,13,20H,6-7,12H2. The molecule has 1 aliphatic heterocycles. The lowest BCUT2D eigenvalue weighted by Gasteiger charge is -2.11. The van der Waals surface area contributed by atoms with Crippen LogP contribution in [0.3, 0.4) is 0 Å². The highest BCUT2D eigenvalue weighted by molar-refractivity contribution is 5.68. The number of para-hydroxylation sites is 1. The van der Waals surface area contributed by atoms with E-state index >= 15 is 0 Å². The molecule has 0 bridgehead atoms. The van der Waals surface area contributed by atoms with Gasteiger partial charge in [0.25, 0.3) is 0 Å². The maximum atomic E-state index is 4.10. The fraction of sp³-hybridized carbons (Fsp3) is 0.167. The molecule has 1 aliphatic rings. The third-order valence-corrected chi connectivity index (χ3v) is 4.04. The molecule has 2 aromatic carbocycles. The molecule has 1 aromatic heterocycles. The minimum atomic E-state index is 0.875. The zero-order valence-corrected chi connectivity index (χ0v) is 11.8. The molecular formula is C18H17N3. The average Bonchev–Trinajstić information content (AvgIpc) is 2.94. The van der Waals surface area contributed by atoms with Gasteiger partial charge in [0.05, 0.1) is 6.33 Å². The number of fused-ring (bicyclic) bond motifs is 2. The van der Waals surface area contributed by atoms with Crippen LogP contribution in [-0.4, -0.2) is 9.55 Å². The quantitative estimate of drug-likeness (QED) is 0.771. The lowest BCUT2D eigenvalue weighted by atomic mass is 10.0. The molecule has 0 atom stereocenters. The van der Waals surface area contributed by atoms with Crippen molar-refractivity contribution in [3.05, 3.63) is 77.9 Å². The first-order valence-electron chi connectivity index (χ1n) is 7.31. The second-order valence-corrected chi connectivity index (χ2v) is 5.51. The van der Waals surface area contributed by atoms with Gasteiger partial charge in [-0.1, -0.05) is 30.3 Å². The number of anilines is 2. The summed E-state index contributed by atoms with van der Waals surface area (Å²) in [6, 6.07) is 15.3. The summed E-state index contributed by atoms with van der Waals surface area (Å²) in [4.78, 5) is 4.10. The fourth-order valence-corrected chi connectivity index (χ4v) is 2.94. The molecule has 21 heavy (non-hydrogen) atoms. The lowest BCUT2D eigenvalue weighted by molar-refractivity contribution is 0.795. The van der Waals surface area contributed by atoms with Crippen molar-refractivity contribution in [1.82, 2.24) is 9.55 Å². The molecule has 104 valence electrons. The van der Waals surface area contributed by atoms with Gasteiger partial charge in [-0.3, -0.25) is 0 Å². The SMILES string of the molecule is c1ccc2c(c1)CCc1cc(Cn3ccnc3)ccc1N2. The van der Waals surface area contributed by atoms with Crippen molar-refractivity contribution >= 4 is 11.4 Å². The van der Waals surface area contributed by atoms with Gasteiger partial charge in [-0.05, 0) is 41.7 Å². The Morgan fingerprint density at radius 2 is 1.86 bits per heavy atom. The van der Waals surface area contributed by atoms with Crippen molar-refractivity contribution in [3.8, 4) is 0 Å². The lowest BCUT2D eigenvalue weighted by Crippen LogP contribution is -1.99. The molecule has 3 aromatic rings. The highest BCUT2D eigenvalue weighted by Crippen LogP contribution is 2.30. The molecule has 0 fully saturated rings. The predicted octanol–water partition coefficient (Wildman–Crippen LogP) is 3.77. The van der Waals surface area contributed by atoms with Crippen LogP contribution in [-0.2, 0) is 19.4 Å². The van der Waals surface area contributed by atoms with E-state index in [0.717, 1.165) is 19.4 Å². The monoisotopic (exact) mass is 275 g/mol. The van der Waals surface area contributed by atoms with Crippen molar-refractivity contribution in [2.75, 3.05) is 5.32 Å². The van der Waals surface area contributed by atoms with Gasteiger partial charge in [0, 0.05) is 30.3 Å². The van der Waals surface area contributed by atoms with Crippen LogP contribution in [0.25, 0.3) is 0 Å². The normalized spacial score (nSPS) is 13.0. The molecule has 0 saturated heterocycles. The minimum absolute atomic E-state index is 0.875. The summed E-state index contributed by atoms with van der Waals surface area (Å²) in [5.41, 5.74) is 6.57. The number of aryl methyl sites for hydroxylation is 2. The molecular weight excluding hydrogens is 258 g/mol. The highest BCUT2D eigenvalue weighted by Gasteiger charge is 2.12. The zero-order chi connectivity index (χ0) is 14.1. The molecule has 0 aliphatic carbocycles. The van der Waals surface area contributed by atoms with Crippen LogP contribution in [0.5, 0.6) is 0 Å². The second-order valence-electron chi connectivity index (χ2n) is 5.51. The van der Waals surface area contributed by atoms with Gasteiger partial charge in [-0.25, -0.2) is 4.98 Å². The van der Waals surface area contributed by atoms with Crippen molar-refractivity contribution in [2.24, 2.45) is 0 Å². The molecule has 3 nitrogen and oxygen atoms in total. The van der Waals surface area contributed by atoms with Gasteiger partial charge in [0.1, 0.15) is 0 Å². The van der Waals surface area contributed by atoms with Crippen LogP contribution in [0.2, 0.25) is 0 Å². The molecule has 0 spiro atoms. The summed E-state index contributed by atoms with van der Waals surface area (Å²) in [6.07, 6.45) is 7.85. The Balaban J connectivity index is 1.65. The van der Waals surface area contributed by atoms with Crippen LogP contribution in [0, 0.1) is 0 Å². The summed E-state index contributed by atoms with van der Waals surface area (Å²) < 4.78 is 2.10. The molecule has 4 rings (SSSR count). The van der Waals surface area contributed by atoms with Crippen LogP contribution in [0.4, 0.5) is 11.4 Å². The van der Waals surface area contributed by atoms with E-state index in [9.17, 15) is 0 Å². The van der Waals surface area contributed by atoms with E-state index < -0.39 is 0 Å². The van der Waals surface area contributed by atoms with Crippen LogP contribution in [0.1, 0.15) is 16.7 Å². The van der Waals surface area contributed by atoms with Crippen LogP contribution in [0.15, 0.2) is 61.2 Å². The Kier molecular flexibility index (Phi) is 2.96. The number of hydrogen-bond acceptors (Lipinski definition) is 2. The van der Waals surface area contributed by atoms with Crippen molar-refractivity contribution in [2.45, 2.75) is 19.4 Å². The number of aromatic nitrogens is 2. The van der Waals surface area contributed by atoms with E-state index in [4.69, 9.17) is 0 Å². The first kappa shape index (κ1) is 12.2. The Labute approximate surface area is 124 Å². The van der Waals surface area contributed by atoms with Gasteiger partial charge < -0.3 is 9.88 Å². The van der Waals surface area contributed by atoms with Crippen LogP contribution < -0.4 is 5.32 Å². The van der Waals surface area contributed by atoms with Gasteiger partial charge in [0.2, 0.25) is 0 Å². The Morgan fingerprint density at radius 1 is 1.00 bits per heavy atom. The molecule has 3 heteroatoms. The first-order valence-corrected chi connectivity index (χ1v) is 7.31. The van der Waals surface area contributed by atoms with Crippen LogP contribution >= 0.6 is 0 Å². The molecule has 0 unspecified atom stereocenters. The van der Waals surface area contributed by atoms with E-state index in [-0.39, 0.29) is 0 Å². The summed E-state index contributed by atoms with van der Waals surface area (Å²) in [5, 5.41) is 3.57. The maximum absolute atomic E-state index is 4.10. The number of rotatable bonds is 2. The van der Waals surface area contributed by atoms with Crippen molar-refractivity contribution in [1.29, 1.82) is 0 Å². The second kappa shape index (κ2) is 5.09. The van der Waals surface area contributed by atoms with Gasteiger partial charge in [0.15, 0.2) is 0 Å². The zero-order valence-electron chi connectivity index (χ0n) is 11.8. The van der Waals surface area contributed by atoms with E-state index in [1.54, 1.807) is 0 Å². The Morgan fingerprint density at radius 3 is 2.76 bits per heavy atom. The van der Waals surface area contributed by atoms with Crippen molar-refractivity contribution < 1.29 is 0 Å². The molecule has 0 saturated carbocycles. The number of nitrogens with one attached hydrogen (secondary N) is 1. The van der Waals surface area contributed by atoms with E-state index in [1.807, 2.05) is 18.7 Å². The van der Waals surface area contributed by atoms with Gasteiger partial charge in [-0.2, -0.15) is 0 Å². The third kappa shape index (κ3) is 2.42. The largest absolute Gasteiger partial charge is 0.355 e. The summed E-state index contributed by atoms with van der Waals surface area (Å²) in [6.45, 7) is 0.875. The Bertz CT molecular complexity index is 760. The summed E-state index contributed by atoms with van der Waals surface area (Å²) >= 11 is 0. The third-order valence-electron chi connectivity index (χ3n) is 4.04. The summed E-state index contributed by atoms with van der Waals surface area (Å²) in [7, 11) is 0. The predicted molar refractivity (Wildman–Crippen MR) is 84.9 cm³/mol.